The van der Waals surface area contributed by atoms with E-state index in [0.29, 0.717) is 11.6 Å². The maximum atomic E-state index is 5.62. The molecule has 3 N–H and O–H groups in total. The van der Waals surface area contributed by atoms with Gasteiger partial charge >= 0.3 is 0 Å². The molecular formula is C10H19N5. The van der Waals surface area contributed by atoms with E-state index < -0.39 is 0 Å². The van der Waals surface area contributed by atoms with Crippen LogP contribution in [0.5, 0.6) is 0 Å². The Hall–Kier alpha value is -1.36. The molecule has 0 saturated carbocycles. The Kier molecular flexibility index (Phi) is 4.30. The lowest BCUT2D eigenvalue weighted by molar-refractivity contribution is 0.367. The summed E-state index contributed by atoms with van der Waals surface area (Å²) in [6, 6.07) is 1.75. The smallest absolute Gasteiger partial charge is 0.131 e. The fraction of sp³-hybridized carbons (Fsp3) is 0.600. The molecule has 1 aromatic rings. The van der Waals surface area contributed by atoms with Gasteiger partial charge in [-0.15, -0.1) is 0 Å². The number of hydrogen-bond acceptors (Lipinski definition) is 5. The largest absolute Gasteiger partial charge is 0.384 e. The summed E-state index contributed by atoms with van der Waals surface area (Å²) >= 11 is 0. The summed E-state index contributed by atoms with van der Waals surface area (Å²) in [4.78, 5) is 10.5. The molecule has 0 atom stereocenters. The average molecular weight is 209 g/mol. The lowest BCUT2D eigenvalue weighted by Crippen LogP contribution is -2.25. The molecule has 0 radical (unpaired) electrons. The number of nitrogens with one attached hydrogen (secondary N) is 1. The highest BCUT2D eigenvalue weighted by atomic mass is 15.1. The van der Waals surface area contributed by atoms with Crippen molar-refractivity contribution in [2.75, 3.05) is 37.7 Å². The van der Waals surface area contributed by atoms with Crippen LogP contribution in [0.4, 0.5) is 11.6 Å². The van der Waals surface area contributed by atoms with E-state index in [1.807, 2.05) is 6.92 Å². The van der Waals surface area contributed by atoms with Crippen molar-refractivity contribution < 1.29 is 0 Å². The number of likely N-dealkylation sites (N-methyl/N-ethyl adjacent to an activating group) is 1. The van der Waals surface area contributed by atoms with Gasteiger partial charge < -0.3 is 16.0 Å². The second-order valence-corrected chi connectivity index (χ2v) is 3.55. The molecule has 0 aliphatic carbocycles. The first-order valence-corrected chi connectivity index (χ1v) is 5.15. The van der Waals surface area contributed by atoms with Crippen LogP contribution >= 0.6 is 0 Å². The molecule has 0 amide bonds. The second-order valence-electron chi connectivity index (χ2n) is 3.55. The molecule has 0 aliphatic heterocycles. The average Bonchev–Trinajstić information content (AvgIpc) is 2.16. The van der Waals surface area contributed by atoms with E-state index in [1.54, 1.807) is 6.07 Å². The highest BCUT2D eigenvalue weighted by Crippen LogP contribution is 2.06. The summed E-state index contributed by atoms with van der Waals surface area (Å²) in [6.45, 7) is 6.86. The van der Waals surface area contributed by atoms with E-state index in [4.69, 9.17) is 5.73 Å². The normalized spacial score (nSPS) is 10.7. The third-order valence-electron chi connectivity index (χ3n) is 2.20. The maximum absolute atomic E-state index is 5.62. The van der Waals surface area contributed by atoms with Gasteiger partial charge in [-0.05, 0) is 20.5 Å². The minimum Gasteiger partial charge on any atom is -0.384 e. The van der Waals surface area contributed by atoms with Crippen molar-refractivity contribution in [2.45, 2.75) is 13.8 Å². The first kappa shape index (κ1) is 11.7. The summed E-state index contributed by atoms with van der Waals surface area (Å²) in [7, 11) is 2.08. The van der Waals surface area contributed by atoms with Crippen LogP contribution in [-0.2, 0) is 0 Å². The van der Waals surface area contributed by atoms with E-state index in [-0.39, 0.29) is 0 Å². The Labute approximate surface area is 90.7 Å². The van der Waals surface area contributed by atoms with Crippen LogP contribution < -0.4 is 11.1 Å². The van der Waals surface area contributed by atoms with Crippen molar-refractivity contribution in [3.8, 4) is 0 Å². The molecule has 5 nitrogen and oxygen atoms in total. The van der Waals surface area contributed by atoms with Gasteiger partial charge in [0, 0.05) is 19.2 Å². The molecule has 0 saturated heterocycles. The first-order chi connectivity index (χ1) is 7.11. The van der Waals surface area contributed by atoms with Gasteiger partial charge in [0.05, 0.1) is 0 Å². The Balaban J connectivity index is 2.43. The van der Waals surface area contributed by atoms with Gasteiger partial charge in [-0.25, -0.2) is 9.97 Å². The van der Waals surface area contributed by atoms with E-state index in [2.05, 4.69) is 34.2 Å². The number of aryl methyl sites for hydroxylation is 1. The third-order valence-corrected chi connectivity index (χ3v) is 2.20. The molecule has 84 valence electrons. The van der Waals surface area contributed by atoms with Crippen molar-refractivity contribution in [1.29, 1.82) is 0 Å². The quantitative estimate of drug-likeness (QED) is 0.748. The fourth-order valence-corrected chi connectivity index (χ4v) is 1.21. The number of nitrogens with zero attached hydrogens (tertiary/aromatic N) is 3. The molecule has 0 aliphatic rings. The monoisotopic (exact) mass is 209 g/mol. The van der Waals surface area contributed by atoms with Crippen LogP contribution in [0.25, 0.3) is 0 Å². The minimum absolute atomic E-state index is 0.508. The van der Waals surface area contributed by atoms with E-state index in [1.165, 1.54) is 0 Å². The molecule has 0 spiro atoms. The Morgan fingerprint density at radius 3 is 2.80 bits per heavy atom. The molecule has 0 fully saturated rings. The predicted molar refractivity (Wildman–Crippen MR) is 62.8 cm³/mol. The molecule has 1 heterocycles. The van der Waals surface area contributed by atoms with Crippen LogP contribution in [0.2, 0.25) is 0 Å². The number of anilines is 2. The Morgan fingerprint density at radius 2 is 2.20 bits per heavy atom. The van der Waals surface area contributed by atoms with Crippen LogP contribution in [0, 0.1) is 6.92 Å². The number of aromatic nitrogens is 2. The van der Waals surface area contributed by atoms with Gasteiger partial charge in [0.15, 0.2) is 0 Å². The summed E-state index contributed by atoms with van der Waals surface area (Å²) in [5.74, 6) is 2.00. The zero-order valence-electron chi connectivity index (χ0n) is 9.62. The van der Waals surface area contributed by atoms with Crippen molar-refractivity contribution >= 4 is 11.6 Å². The van der Waals surface area contributed by atoms with Crippen molar-refractivity contribution in [1.82, 2.24) is 14.9 Å². The maximum Gasteiger partial charge on any atom is 0.131 e. The second kappa shape index (κ2) is 5.50. The number of nitrogens with two attached hydrogens (primary N) is 1. The minimum atomic E-state index is 0.508. The van der Waals surface area contributed by atoms with Crippen molar-refractivity contribution in [3.05, 3.63) is 11.9 Å². The number of rotatable bonds is 5. The molecule has 1 aromatic heterocycles. The van der Waals surface area contributed by atoms with Crippen LogP contribution in [0.3, 0.4) is 0 Å². The standard InChI is InChI=1S/C10H19N5/c1-4-15(3)6-5-12-10-7-9(11)13-8(2)14-10/h7H,4-6H2,1-3H3,(H3,11,12,13,14). The van der Waals surface area contributed by atoms with Crippen LogP contribution in [0.15, 0.2) is 6.07 Å². The SMILES string of the molecule is CCN(C)CCNc1cc(N)nc(C)n1. The number of nitrogen functional groups attached to an aromatic ring is 1. The zero-order valence-corrected chi connectivity index (χ0v) is 9.62. The molecule has 0 aromatic carbocycles. The van der Waals surface area contributed by atoms with E-state index >= 15 is 0 Å². The summed E-state index contributed by atoms with van der Waals surface area (Å²) in [5.41, 5.74) is 5.62. The Bertz CT molecular complexity index is 292. The van der Waals surface area contributed by atoms with Crippen molar-refractivity contribution in [2.24, 2.45) is 0 Å². The van der Waals surface area contributed by atoms with Gasteiger partial charge in [-0.1, -0.05) is 6.92 Å². The molecule has 0 bridgehead atoms. The lowest BCUT2D eigenvalue weighted by Gasteiger charge is -2.14. The zero-order chi connectivity index (χ0) is 11.3. The van der Waals surface area contributed by atoms with E-state index in [9.17, 15) is 0 Å². The molecule has 5 heteroatoms. The molecule has 1 rings (SSSR count). The highest BCUT2D eigenvalue weighted by Gasteiger charge is 1.99. The van der Waals surface area contributed by atoms with Gasteiger partial charge in [0.2, 0.25) is 0 Å². The van der Waals surface area contributed by atoms with Crippen LogP contribution in [0.1, 0.15) is 12.7 Å². The van der Waals surface area contributed by atoms with Gasteiger partial charge in [-0.2, -0.15) is 0 Å². The van der Waals surface area contributed by atoms with Crippen molar-refractivity contribution in [3.63, 3.8) is 0 Å². The van der Waals surface area contributed by atoms with Gasteiger partial charge in [0.25, 0.3) is 0 Å². The van der Waals surface area contributed by atoms with Gasteiger partial charge in [-0.3, -0.25) is 0 Å². The van der Waals surface area contributed by atoms with Gasteiger partial charge in [0.1, 0.15) is 17.5 Å². The first-order valence-electron chi connectivity index (χ1n) is 5.15. The molecule has 0 unspecified atom stereocenters. The third kappa shape index (κ3) is 4.12. The van der Waals surface area contributed by atoms with E-state index in [0.717, 1.165) is 25.5 Å². The summed E-state index contributed by atoms with van der Waals surface area (Å²) in [6.07, 6.45) is 0. The highest BCUT2D eigenvalue weighted by molar-refractivity contribution is 5.44. The molecular weight excluding hydrogens is 190 g/mol. The topological polar surface area (TPSA) is 67.1 Å². The number of hydrogen-bond donors (Lipinski definition) is 2. The van der Waals surface area contributed by atoms with Crippen LogP contribution in [-0.4, -0.2) is 41.5 Å². The molecule has 15 heavy (non-hydrogen) atoms. The lowest BCUT2D eigenvalue weighted by atomic mass is 10.4. The fourth-order valence-electron chi connectivity index (χ4n) is 1.21. The Morgan fingerprint density at radius 1 is 1.47 bits per heavy atom. The summed E-state index contributed by atoms with van der Waals surface area (Å²) in [5, 5.41) is 3.22. The predicted octanol–water partition coefficient (Wildman–Crippen LogP) is 0.731. The summed E-state index contributed by atoms with van der Waals surface area (Å²) < 4.78 is 0.